The Morgan fingerprint density at radius 3 is 2.89 bits per heavy atom. The van der Waals surface area contributed by atoms with E-state index in [-0.39, 0.29) is 5.69 Å². The van der Waals surface area contributed by atoms with Crippen LogP contribution in [0.5, 0.6) is 0 Å². The topological polar surface area (TPSA) is 56.0 Å². The first-order valence-corrected chi connectivity index (χ1v) is 7.29. The molecule has 0 aliphatic heterocycles. The van der Waals surface area contributed by atoms with E-state index in [1.807, 2.05) is 17.8 Å². The Balaban J connectivity index is 1.95. The summed E-state index contributed by atoms with van der Waals surface area (Å²) < 4.78 is 0. The highest BCUT2D eigenvalue weighted by Gasteiger charge is 2.21. The third kappa shape index (κ3) is 3.32. The second-order valence-corrected chi connectivity index (χ2v) is 5.63. The van der Waals surface area contributed by atoms with E-state index in [1.54, 1.807) is 6.07 Å². The lowest BCUT2D eigenvalue weighted by Gasteiger charge is -2.04. The van der Waals surface area contributed by atoms with E-state index in [2.05, 4.69) is 17.3 Å². The molecule has 0 N–H and O–H groups in total. The molecule has 0 saturated heterocycles. The van der Waals surface area contributed by atoms with Gasteiger partial charge in [0.25, 0.3) is 5.69 Å². The van der Waals surface area contributed by atoms with Crippen molar-refractivity contribution in [3.63, 3.8) is 0 Å². The predicted molar refractivity (Wildman–Crippen MR) is 74.6 cm³/mol. The first-order chi connectivity index (χ1) is 8.69. The van der Waals surface area contributed by atoms with Gasteiger partial charge >= 0.3 is 0 Å². The molecule has 18 heavy (non-hydrogen) atoms. The van der Waals surface area contributed by atoms with Gasteiger partial charge in [0.15, 0.2) is 0 Å². The van der Waals surface area contributed by atoms with Gasteiger partial charge in [-0.1, -0.05) is 6.08 Å². The summed E-state index contributed by atoms with van der Waals surface area (Å²) in [7, 11) is 0. The summed E-state index contributed by atoms with van der Waals surface area (Å²) in [5, 5.41) is 11.3. The summed E-state index contributed by atoms with van der Waals surface area (Å²) in [6.07, 6.45) is 11.4. The highest BCUT2D eigenvalue weighted by molar-refractivity contribution is 7.99. The van der Waals surface area contributed by atoms with Crippen molar-refractivity contribution in [1.29, 1.82) is 0 Å². The molecule has 5 heteroatoms. The molecular weight excluding hydrogens is 248 g/mol. The molecule has 1 fully saturated rings. The van der Waals surface area contributed by atoms with Crippen LogP contribution in [0.2, 0.25) is 0 Å². The van der Waals surface area contributed by atoms with Crippen LogP contribution in [0.25, 0.3) is 6.08 Å². The highest BCUT2D eigenvalue weighted by atomic mass is 32.2. The Kier molecular flexibility index (Phi) is 4.36. The molecule has 0 bridgehead atoms. The zero-order valence-electron chi connectivity index (χ0n) is 10.3. The second kappa shape index (κ2) is 6.00. The molecule has 1 aliphatic carbocycles. The molecule has 1 aliphatic rings. The Morgan fingerprint density at radius 1 is 1.50 bits per heavy atom. The largest absolute Gasteiger partial charge is 0.287 e. The zero-order valence-corrected chi connectivity index (χ0v) is 11.1. The lowest BCUT2D eigenvalue weighted by Crippen LogP contribution is -1.94. The standard InChI is InChI=1S/C13H16N2O2S/c1-18-13-7-3-10(8-13)2-4-11-5-6-12(9-14-11)15(16)17/h2,4-6,9-10,13H,3,7-8H2,1H3/b4-2+. The van der Waals surface area contributed by atoms with Crippen LogP contribution in [0, 0.1) is 16.0 Å². The number of rotatable bonds is 4. The number of aromatic nitrogens is 1. The molecule has 4 nitrogen and oxygen atoms in total. The highest BCUT2D eigenvalue weighted by Crippen LogP contribution is 2.33. The lowest BCUT2D eigenvalue weighted by atomic mass is 10.1. The van der Waals surface area contributed by atoms with Gasteiger partial charge < -0.3 is 0 Å². The number of nitro groups is 1. The Bertz CT molecular complexity index is 445. The van der Waals surface area contributed by atoms with Crippen molar-refractivity contribution in [1.82, 2.24) is 4.98 Å². The summed E-state index contributed by atoms with van der Waals surface area (Å²) in [4.78, 5) is 14.1. The minimum Gasteiger partial charge on any atom is -0.258 e. The Hall–Kier alpha value is -1.36. The number of pyridine rings is 1. The number of hydrogen-bond donors (Lipinski definition) is 0. The van der Waals surface area contributed by atoms with Crippen LogP contribution < -0.4 is 0 Å². The molecule has 2 rings (SSSR count). The van der Waals surface area contributed by atoms with Crippen LogP contribution in [0.15, 0.2) is 24.4 Å². The molecule has 0 amide bonds. The van der Waals surface area contributed by atoms with Gasteiger partial charge in [0.05, 0.1) is 10.6 Å². The third-order valence-electron chi connectivity index (χ3n) is 3.28. The van der Waals surface area contributed by atoms with Gasteiger partial charge in [-0.05, 0) is 43.6 Å². The summed E-state index contributed by atoms with van der Waals surface area (Å²) in [6, 6.07) is 3.18. The fourth-order valence-corrected chi connectivity index (χ4v) is 3.01. The van der Waals surface area contributed by atoms with Gasteiger partial charge in [0, 0.05) is 11.3 Å². The molecule has 1 aromatic heterocycles. The van der Waals surface area contributed by atoms with Gasteiger partial charge in [-0.25, -0.2) is 4.98 Å². The van der Waals surface area contributed by atoms with Crippen molar-refractivity contribution in [3.05, 3.63) is 40.2 Å². The first-order valence-electron chi connectivity index (χ1n) is 6.00. The number of allylic oxidation sites excluding steroid dienone is 1. The maximum absolute atomic E-state index is 10.5. The monoisotopic (exact) mass is 264 g/mol. The minimum atomic E-state index is -0.430. The fourth-order valence-electron chi connectivity index (χ4n) is 2.20. The Labute approximate surface area is 111 Å². The lowest BCUT2D eigenvalue weighted by molar-refractivity contribution is -0.385. The average Bonchev–Trinajstić information content (AvgIpc) is 2.85. The van der Waals surface area contributed by atoms with E-state index >= 15 is 0 Å². The molecule has 1 saturated carbocycles. The van der Waals surface area contributed by atoms with Crippen LogP contribution in [-0.2, 0) is 0 Å². The zero-order chi connectivity index (χ0) is 13.0. The minimum absolute atomic E-state index is 0.0375. The maximum Gasteiger partial charge on any atom is 0.287 e. The SMILES string of the molecule is CSC1CCC(/C=C/c2ccc([N+](=O)[O-])cn2)C1. The molecule has 1 heterocycles. The second-order valence-electron chi connectivity index (χ2n) is 4.49. The molecule has 2 unspecified atom stereocenters. The van der Waals surface area contributed by atoms with Crippen LogP contribution in [0.3, 0.4) is 0 Å². The molecule has 0 spiro atoms. The van der Waals surface area contributed by atoms with Gasteiger partial charge in [-0.3, -0.25) is 10.1 Å². The van der Waals surface area contributed by atoms with Crippen molar-refractivity contribution < 1.29 is 4.92 Å². The third-order valence-corrected chi connectivity index (χ3v) is 4.37. The number of nitrogens with zero attached hydrogens (tertiary/aromatic N) is 2. The van der Waals surface area contributed by atoms with Crippen LogP contribution in [-0.4, -0.2) is 21.4 Å². The summed E-state index contributed by atoms with van der Waals surface area (Å²) in [6.45, 7) is 0. The molecule has 0 radical (unpaired) electrons. The van der Waals surface area contributed by atoms with E-state index in [1.165, 1.54) is 31.5 Å². The quantitative estimate of drug-likeness (QED) is 0.616. The average molecular weight is 264 g/mol. The van der Waals surface area contributed by atoms with Crippen molar-refractivity contribution in [2.75, 3.05) is 6.26 Å². The molecule has 96 valence electrons. The van der Waals surface area contributed by atoms with E-state index in [0.29, 0.717) is 5.92 Å². The van der Waals surface area contributed by atoms with Crippen LogP contribution in [0.4, 0.5) is 5.69 Å². The predicted octanol–water partition coefficient (Wildman–Crippen LogP) is 3.53. The summed E-state index contributed by atoms with van der Waals surface area (Å²) >= 11 is 1.94. The van der Waals surface area contributed by atoms with E-state index in [4.69, 9.17) is 0 Å². The number of thioether (sulfide) groups is 1. The van der Waals surface area contributed by atoms with Gasteiger partial charge in [-0.2, -0.15) is 11.8 Å². The normalized spacial score (nSPS) is 23.6. The number of hydrogen-bond acceptors (Lipinski definition) is 4. The van der Waals surface area contributed by atoms with Crippen molar-refractivity contribution in [3.8, 4) is 0 Å². The van der Waals surface area contributed by atoms with Crippen molar-refractivity contribution >= 4 is 23.5 Å². The Morgan fingerprint density at radius 2 is 2.33 bits per heavy atom. The fraction of sp³-hybridized carbons (Fsp3) is 0.462. The molecule has 1 aromatic rings. The summed E-state index contributed by atoms with van der Waals surface area (Å²) in [5.41, 5.74) is 0.823. The molecular formula is C13H16N2O2S. The van der Waals surface area contributed by atoms with Gasteiger partial charge in [0.2, 0.25) is 0 Å². The summed E-state index contributed by atoms with van der Waals surface area (Å²) in [5.74, 6) is 0.624. The smallest absolute Gasteiger partial charge is 0.258 e. The van der Waals surface area contributed by atoms with E-state index < -0.39 is 4.92 Å². The molecule has 0 aromatic carbocycles. The van der Waals surface area contributed by atoms with E-state index in [0.717, 1.165) is 10.9 Å². The first kappa shape index (κ1) is 13.1. The molecule has 2 atom stereocenters. The van der Waals surface area contributed by atoms with E-state index in [9.17, 15) is 10.1 Å². The maximum atomic E-state index is 10.5. The van der Waals surface area contributed by atoms with Gasteiger partial charge in [-0.15, -0.1) is 0 Å². The van der Waals surface area contributed by atoms with Crippen LogP contribution >= 0.6 is 11.8 Å². The van der Waals surface area contributed by atoms with Crippen molar-refractivity contribution in [2.45, 2.75) is 24.5 Å². The van der Waals surface area contributed by atoms with Gasteiger partial charge in [0.1, 0.15) is 6.20 Å². The van der Waals surface area contributed by atoms with Crippen molar-refractivity contribution in [2.24, 2.45) is 5.92 Å². The van der Waals surface area contributed by atoms with Crippen LogP contribution in [0.1, 0.15) is 25.0 Å².